The fraction of sp³-hybridized carbons (Fsp3) is 0.450. The minimum atomic E-state index is -1.27. The fourth-order valence-corrected chi connectivity index (χ4v) is 3.85. The van der Waals surface area contributed by atoms with Crippen LogP contribution < -0.4 is 0 Å². The predicted molar refractivity (Wildman–Crippen MR) is 96.3 cm³/mol. The third-order valence-corrected chi connectivity index (χ3v) is 5.42. The molecule has 2 rings (SSSR count). The van der Waals surface area contributed by atoms with Crippen LogP contribution in [0.4, 0.5) is 0 Å². The summed E-state index contributed by atoms with van der Waals surface area (Å²) in [6.07, 6.45) is -0.543. The van der Waals surface area contributed by atoms with Gasteiger partial charge in [0.05, 0.1) is 24.2 Å². The second-order valence-corrected chi connectivity index (χ2v) is 7.02. The lowest BCUT2D eigenvalue weighted by Crippen LogP contribution is -2.59. The molecule has 5 atom stereocenters. The maximum atomic E-state index is 12.1. The zero-order chi connectivity index (χ0) is 20.5. The van der Waals surface area contributed by atoms with Crippen LogP contribution in [0.1, 0.15) is 13.3 Å². The van der Waals surface area contributed by atoms with Crippen LogP contribution in [0, 0.1) is 17.3 Å². The molecule has 0 amide bonds. The molecule has 1 aliphatic heterocycles. The summed E-state index contributed by atoms with van der Waals surface area (Å²) in [5, 5.41) is 20.1. The number of cyclic esters (lactones) is 1. The Morgan fingerprint density at radius 1 is 1.41 bits per heavy atom. The topological polar surface area (TPSA) is 110 Å². The molecular formula is C20H24O7. The minimum Gasteiger partial charge on any atom is -0.461 e. The largest absolute Gasteiger partial charge is 0.461 e. The zero-order valence-corrected chi connectivity index (χ0v) is 15.3. The molecule has 2 N–H and O–H groups in total. The first kappa shape index (κ1) is 20.8. The molecule has 1 saturated carbocycles. The Kier molecular flexibility index (Phi) is 5.87. The Bertz CT molecular complexity index is 735. The summed E-state index contributed by atoms with van der Waals surface area (Å²) in [6, 6.07) is 0. The van der Waals surface area contributed by atoms with Crippen LogP contribution in [0.15, 0.2) is 49.1 Å². The van der Waals surface area contributed by atoms with Crippen molar-refractivity contribution in [3.63, 3.8) is 0 Å². The third-order valence-electron chi connectivity index (χ3n) is 5.42. The fourth-order valence-electron chi connectivity index (χ4n) is 3.85. The SMILES string of the molecule is C=CC12COC(=O)C(=C)C1C(O)C(C(=C)C(C)=O)C(OC(=O)C(=C)CO)C2. The molecule has 2 aliphatic rings. The van der Waals surface area contributed by atoms with Crippen molar-refractivity contribution < 1.29 is 34.1 Å². The maximum absolute atomic E-state index is 12.1. The third kappa shape index (κ3) is 3.52. The lowest BCUT2D eigenvalue weighted by molar-refractivity contribution is -0.176. The number of ketones is 1. The van der Waals surface area contributed by atoms with Crippen LogP contribution in [0.25, 0.3) is 0 Å². The van der Waals surface area contributed by atoms with Crippen LogP contribution in [0.3, 0.4) is 0 Å². The minimum absolute atomic E-state index is 0.0651. The van der Waals surface area contributed by atoms with Gasteiger partial charge in [-0.1, -0.05) is 25.8 Å². The van der Waals surface area contributed by atoms with E-state index in [1.54, 1.807) is 6.08 Å². The van der Waals surface area contributed by atoms with Crippen molar-refractivity contribution in [2.45, 2.75) is 25.6 Å². The molecule has 0 radical (unpaired) electrons. The first-order valence-electron chi connectivity index (χ1n) is 8.46. The molecule has 146 valence electrons. The quantitative estimate of drug-likeness (QED) is 0.402. The number of Topliss-reactive ketones (excluding diaryl/α,β-unsaturated/α-hetero) is 1. The van der Waals surface area contributed by atoms with Gasteiger partial charge in [0.1, 0.15) is 12.7 Å². The first-order chi connectivity index (χ1) is 12.6. The van der Waals surface area contributed by atoms with Gasteiger partial charge >= 0.3 is 11.9 Å². The van der Waals surface area contributed by atoms with Gasteiger partial charge in [-0.05, 0) is 18.9 Å². The average Bonchev–Trinajstić information content (AvgIpc) is 2.63. The number of carbonyl (C=O) groups excluding carboxylic acids is 3. The van der Waals surface area contributed by atoms with Gasteiger partial charge in [-0.2, -0.15) is 0 Å². The highest BCUT2D eigenvalue weighted by molar-refractivity contribution is 5.94. The molecule has 5 unspecified atom stereocenters. The maximum Gasteiger partial charge on any atom is 0.336 e. The van der Waals surface area contributed by atoms with Crippen molar-refractivity contribution in [3.05, 3.63) is 49.1 Å². The van der Waals surface area contributed by atoms with E-state index in [0.29, 0.717) is 0 Å². The Hall–Kier alpha value is -2.51. The normalized spacial score (nSPS) is 32.7. The molecule has 1 saturated heterocycles. The van der Waals surface area contributed by atoms with Crippen molar-refractivity contribution in [1.29, 1.82) is 0 Å². The van der Waals surface area contributed by atoms with Crippen molar-refractivity contribution in [3.8, 4) is 0 Å². The number of aliphatic hydroxyl groups is 2. The van der Waals surface area contributed by atoms with Crippen molar-refractivity contribution in [1.82, 2.24) is 0 Å². The van der Waals surface area contributed by atoms with E-state index in [1.165, 1.54) is 6.92 Å². The summed E-state index contributed by atoms with van der Waals surface area (Å²) < 4.78 is 10.6. The van der Waals surface area contributed by atoms with E-state index in [-0.39, 0.29) is 35.5 Å². The number of hydrogen-bond donors (Lipinski definition) is 2. The molecule has 1 aliphatic carbocycles. The Labute approximate surface area is 157 Å². The highest BCUT2D eigenvalue weighted by Gasteiger charge is 2.58. The van der Waals surface area contributed by atoms with Gasteiger partial charge in [0.25, 0.3) is 0 Å². The molecule has 0 aromatic heterocycles. The zero-order valence-electron chi connectivity index (χ0n) is 15.3. The summed E-state index contributed by atoms with van der Waals surface area (Å²) in [5.41, 5.74) is -0.937. The molecule has 2 fully saturated rings. The number of fused-ring (bicyclic) bond motifs is 1. The first-order valence-corrected chi connectivity index (χ1v) is 8.46. The Morgan fingerprint density at radius 3 is 2.56 bits per heavy atom. The second kappa shape index (κ2) is 7.62. The van der Waals surface area contributed by atoms with E-state index in [2.05, 4.69) is 26.3 Å². The number of esters is 2. The lowest BCUT2D eigenvalue weighted by atomic mass is 9.56. The summed E-state index contributed by atoms with van der Waals surface area (Å²) in [5.74, 6) is -3.56. The number of rotatable bonds is 6. The van der Waals surface area contributed by atoms with Gasteiger partial charge in [-0.25, -0.2) is 9.59 Å². The number of hydrogen-bond acceptors (Lipinski definition) is 7. The molecule has 7 heteroatoms. The van der Waals surface area contributed by atoms with Crippen LogP contribution in [-0.4, -0.2) is 53.4 Å². The van der Waals surface area contributed by atoms with Crippen molar-refractivity contribution in [2.24, 2.45) is 17.3 Å². The van der Waals surface area contributed by atoms with Crippen molar-refractivity contribution >= 4 is 17.7 Å². The van der Waals surface area contributed by atoms with Crippen LogP contribution >= 0.6 is 0 Å². The molecule has 0 bridgehead atoms. The summed E-state index contributed by atoms with van der Waals surface area (Å²) in [7, 11) is 0. The van der Waals surface area contributed by atoms with E-state index in [9.17, 15) is 19.5 Å². The van der Waals surface area contributed by atoms with Crippen LogP contribution in [0.5, 0.6) is 0 Å². The van der Waals surface area contributed by atoms with Gasteiger partial charge < -0.3 is 19.7 Å². The van der Waals surface area contributed by atoms with Gasteiger partial charge in [0.2, 0.25) is 0 Å². The van der Waals surface area contributed by atoms with Gasteiger partial charge in [-0.15, -0.1) is 6.58 Å². The number of carbonyl (C=O) groups is 3. The van der Waals surface area contributed by atoms with Gasteiger partial charge in [-0.3, -0.25) is 4.79 Å². The summed E-state index contributed by atoms with van der Waals surface area (Å²) in [6.45, 7) is 15.3. The van der Waals surface area contributed by atoms with Crippen LogP contribution in [0.2, 0.25) is 0 Å². The van der Waals surface area contributed by atoms with E-state index in [0.717, 1.165) is 0 Å². The average molecular weight is 376 g/mol. The van der Waals surface area contributed by atoms with E-state index < -0.39 is 48.0 Å². The number of aliphatic hydroxyl groups excluding tert-OH is 2. The highest BCUT2D eigenvalue weighted by Crippen LogP contribution is 2.52. The van der Waals surface area contributed by atoms with Gasteiger partial charge in [0, 0.05) is 16.9 Å². The molecule has 27 heavy (non-hydrogen) atoms. The molecule has 7 nitrogen and oxygen atoms in total. The molecule has 0 spiro atoms. The highest BCUT2D eigenvalue weighted by atomic mass is 16.5. The molecule has 0 aromatic carbocycles. The predicted octanol–water partition coefficient (Wildman–Crippen LogP) is 0.874. The molecule has 1 heterocycles. The molecule has 0 aromatic rings. The lowest BCUT2D eigenvalue weighted by Gasteiger charge is -2.52. The molecular weight excluding hydrogens is 352 g/mol. The van der Waals surface area contributed by atoms with E-state index in [1.807, 2.05) is 0 Å². The monoisotopic (exact) mass is 376 g/mol. The van der Waals surface area contributed by atoms with E-state index in [4.69, 9.17) is 14.6 Å². The smallest absolute Gasteiger partial charge is 0.336 e. The van der Waals surface area contributed by atoms with E-state index >= 15 is 0 Å². The Morgan fingerprint density at radius 2 is 2.04 bits per heavy atom. The Balaban J connectivity index is 2.49. The van der Waals surface area contributed by atoms with Gasteiger partial charge in [0.15, 0.2) is 5.78 Å². The summed E-state index contributed by atoms with van der Waals surface area (Å²) in [4.78, 5) is 36.0. The number of ether oxygens (including phenoxy) is 2. The standard InChI is InChI=1S/C20H24O7/c1-6-20-7-14(27-18(24)10(2)8-21)15(11(3)13(5)22)17(23)16(20)12(4)19(25)26-9-20/h6,14-17,21,23H,1-4,7-9H2,5H3. The second-order valence-electron chi connectivity index (χ2n) is 7.02. The summed E-state index contributed by atoms with van der Waals surface area (Å²) >= 11 is 0. The van der Waals surface area contributed by atoms with Crippen LogP contribution in [-0.2, 0) is 23.9 Å². The van der Waals surface area contributed by atoms with Crippen molar-refractivity contribution in [2.75, 3.05) is 13.2 Å².